The maximum absolute atomic E-state index is 11.0. The maximum Gasteiger partial charge on any atom is 0.153 e. The second kappa shape index (κ2) is 4.78. The van der Waals surface area contributed by atoms with Crippen LogP contribution in [-0.4, -0.2) is 29.3 Å². The second-order valence-corrected chi connectivity index (χ2v) is 4.76. The van der Waals surface area contributed by atoms with Crippen LogP contribution in [-0.2, 0) is 11.3 Å². The molecular weight excluding hydrogens is 204 g/mol. The monoisotopic (exact) mass is 222 g/mol. The Kier molecular flexibility index (Phi) is 3.39. The molecule has 0 amide bonds. The summed E-state index contributed by atoms with van der Waals surface area (Å²) >= 11 is 0. The van der Waals surface area contributed by atoms with E-state index in [9.17, 15) is 4.79 Å². The molecule has 0 aliphatic carbocycles. The lowest BCUT2D eigenvalue weighted by Crippen LogP contribution is -2.07. The van der Waals surface area contributed by atoms with E-state index in [0.717, 1.165) is 37.1 Å². The van der Waals surface area contributed by atoms with Crippen molar-refractivity contribution in [2.75, 3.05) is 13.2 Å². The molecule has 2 heterocycles. The van der Waals surface area contributed by atoms with Crippen molar-refractivity contribution in [3.63, 3.8) is 0 Å². The third kappa shape index (κ3) is 2.32. The highest BCUT2D eigenvalue weighted by atomic mass is 16.5. The number of rotatable bonds is 4. The molecule has 1 atom stereocenters. The van der Waals surface area contributed by atoms with Crippen LogP contribution < -0.4 is 0 Å². The van der Waals surface area contributed by atoms with Crippen molar-refractivity contribution in [1.29, 1.82) is 0 Å². The molecule has 2 rings (SSSR count). The molecule has 4 nitrogen and oxygen atoms in total. The molecule has 4 heteroatoms. The number of hydrogen-bond donors (Lipinski definition) is 0. The van der Waals surface area contributed by atoms with E-state index in [1.807, 2.05) is 10.9 Å². The minimum absolute atomic E-state index is 0.300. The first-order valence-electron chi connectivity index (χ1n) is 5.81. The Bertz CT molecular complexity index is 365. The van der Waals surface area contributed by atoms with Gasteiger partial charge in [-0.05, 0) is 12.3 Å². The average Bonchev–Trinajstić information content (AvgIpc) is 2.83. The van der Waals surface area contributed by atoms with Crippen molar-refractivity contribution >= 4 is 6.29 Å². The fourth-order valence-corrected chi connectivity index (χ4v) is 2.08. The molecule has 0 N–H and O–H groups in total. The van der Waals surface area contributed by atoms with E-state index in [1.54, 1.807) is 0 Å². The van der Waals surface area contributed by atoms with Crippen molar-refractivity contribution in [2.24, 2.45) is 5.92 Å². The Morgan fingerprint density at radius 3 is 3.06 bits per heavy atom. The van der Waals surface area contributed by atoms with Gasteiger partial charge < -0.3 is 4.74 Å². The van der Waals surface area contributed by atoms with E-state index < -0.39 is 0 Å². The highest BCUT2D eigenvalue weighted by Gasteiger charge is 2.23. The summed E-state index contributed by atoms with van der Waals surface area (Å²) in [6, 6.07) is 0. The van der Waals surface area contributed by atoms with Crippen molar-refractivity contribution in [3.05, 3.63) is 17.5 Å². The number of nitrogens with zero attached hydrogens (tertiary/aromatic N) is 2. The van der Waals surface area contributed by atoms with Crippen LogP contribution in [0.3, 0.4) is 0 Å². The van der Waals surface area contributed by atoms with E-state index in [1.165, 1.54) is 0 Å². The van der Waals surface area contributed by atoms with E-state index in [4.69, 9.17) is 4.74 Å². The van der Waals surface area contributed by atoms with Crippen molar-refractivity contribution in [2.45, 2.75) is 32.7 Å². The summed E-state index contributed by atoms with van der Waals surface area (Å²) in [6.45, 7) is 6.61. The fraction of sp³-hybridized carbons (Fsp3) is 0.667. The molecule has 0 radical (unpaired) electrons. The zero-order chi connectivity index (χ0) is 11.5. The van der Waals surface area contributed by atoms with E-state index in [-0.39, 0.29) is 0 Å². The first-order valence-corrected chi connectivity index (χ1v) is 5.81. The van der Waals surface area contributed by atoms with Gasteiger partial charge in [0.25, 0.3) is 0 Å². The highest BCUT2D eigenvalue weighted by Crippen LogP contribution is 2.26. The zero-order valence-corrected chi connectivity index (χ0v) is 9.85. The summed E-state index contributed by atoms with van der Waals surface area (Å²) in [5, 5.41) is 4.51. The van der Waals surface area contributed by atoms with E-state index in [2.05, 4.69) is 18.9 Å². The summed E-state index contributed by atoms with van der Waals surface area (Å²) in [5.74, 6) is 0.834. The number of ether oxygens (including phenoxy) is 1. The molecule has 0 saturated carbocycles. The molecule has 1 aromatic heterocycles. The number of aldehydes is 1. The predicted molar refractivity (Wildman–Crippen MR) is 60.6 cm³/mol. The summed E-state index contributed by atoms with van der Waals surface area (Å²) in [5.41, 5.74) is 1.63. The van der Waals surface area contributed by atoms with Gasteiger partial charge >= 0.3 is 0 Å². The van der Waals surface area contributed by atoms with Crippen molar-refractivity contribution in [3.8, 4) is 0 Å². The molecule has 1 aliphatic heterocycles. The molecule has 88 valence electrons. The molecular formula is C12H18N2O2. The van der Waals surface area contributed by atoms with Crippen molar-refractivity contribution in [1.82, 2.24) is 9.78 Å². The second-order valence-electron chi connectivity index (χ2n) is 4.76. The van der Waals surface area contributed by atoms with Gasteiger partial charge in [-0.3, -0.25) is 9.48 Å². The standard InChI is InChI=1S/C12H18N2O2/c1-9(2)5-14-6-11(7-15)12(13-14)10-3-4-16-8-10/h6-7,9-10H,3-5,8H2,1-2H3. The van der Waals surface area contributed by atoms with E-state index in [0.29, 0.717) is 18.4 Å². The normalized spacial score (nSPS) is 20.6. The lowest BCUT2D eigenvalue weighted by molar-refractivity contribution is 0.112. The van der Waals surface area contributed by atoms with Gasteiger partial charge in [0, 0.05) is 25.3 Å². The van der Waals surface area contributed by atoms with Crippen LogP contribution in [0, 0.1) is 5.92 Å². The number of aromatic nitrogens is 2. The minimum atomic E-state index is 0.300. The van der Waals surface area contributed by atoms with Crippen LogP contribution in [0.4, 0.5) is 0 Å². The molecule has 16 heavy (non-hydrogen) atoms. The number of carbonyl (C=O) groups excluding carboxylic acids is 1. The van der Waals surface area contributed by atoms with Gasteiger partial charge in [0.1, 0.15) is 0 Å². The maximum atomic E-state index is 11.0. The molecule has 0 spiro atoms. The Balaban J connectivity index is 2.21. The molecule has 1 aliphatic rings. The highest BCUT2D eigenvalue weighted by molar-refractivity contribution is 5.76. The topological polar surface area (TPSA) is 44.1 Å². The Morgan fingerprint density at radius 1 is 1.69 bits per heavy atom. The van der Waals surface area contributed by atoms with Gasteiger partial charge in [-0.25, -0.2) is 0 Å². The first kappa shape index (κ1) is 11.3. The van der Waals surface area contributed by atoms with Crippen LogP contribution >= 0.6 is 0 Å². The van der Waals surface area contributed by atoms with Gasteiger partial charge in [-0.1, -0.05) is 13.8 Å². The van der Waals surface area contributed by atoms with Crippen LogP contribution in [0.25, 0.3) is 0 Å². The molecule has 1 unspecified atom stereocenters. The number of carbonyl (C=O) groups is 1. The van der Waals surface area contributed by atoms with Crippen LogP contribution in [0.1, 0.15) is 42.2 Å². The summed E-state index contributed by atoms with van der Waals surface area (Å²) < 4.78 is 7.21. The van der Waals surface area contributed by atoms with E-state index >= 15 is 0 Å². The average molecular weight is 222 g/mol. The zero-order valence-electron chi connectivity index (χ0n) is 9.85. The quantitative estimate of drug-likeness (QED) is 0.730. The van der Waals surface area contributed by atoms with Gasteiger partial charge in [0.15, 0.2) is 6.29 Å². The lowest BCUT2D eigenvalue weighted by atomic mass is 10.0. The predicted octanol–water partition coefficient (Wildman–Crippen LogP) is 1.86. The van der Waals surface area contributed by atoms with Crippen LogP contribution in [0.2, 0.25) is 0 Å². The Morgan fingerprint density at radius 2 is 2.50 bits per heavy atom. The molecule has 0 bridgehead atoms. The van der Waals surface area contributed by atoms with Gasteiger partial charge in [0.05, 0.1) is 17.9 Å². The third-order valence-corrected chi connectivity index (χ3v) is 2.82. The molecule has 1 aromatic rings. The molecule has 1 saturated heterocycles. The summed E-state index contributed by atoms with van der Waals surface area (Å²) in [6.07, 6.45) is 3.72. The van der Waals surface area contributed by atoms with Crippen LogP contribution in [0.5, 0.6) is 0 Å². The molecule has 0 aromatic carbocycles. The Hall–Kier alpha value is -1.16. The van der Waals surface area contributed by atoms with Crippen molar-refractivity contribution < 1.29 is 9.53 Å². The summed E-state index contributed by atoms with van der Waals surface area (Å²) in [4.78, 5) is 11.0. The SMILES string of the molecule is CC(C)Cn1cc(C=O)c(C2CCOC2)n1. The number of hydrogen-bond acceptors (Lipinski definition) is 3. The first-order chi connectivity index (χ1) is 7.70. The Labute approximate surface area is 95.6 Å². The summed E-state index contributed by atoms with van der Waals surface area (Å²) in [7, 11) is 0. The van der Waals surface area contributed by atoms with Gasteiger partial charge in [0.2, 0.25) is 0 Å². The van der Waals surface area contributed by atoms with Gasteiger partial charge in [-0.2, -0.15) is 5.10 Å². The van der Waals surface area contributed by atoms with Crippen LogP contribution in [0.15, 0.2) is 6.20 Å². The van der Waals surface area contributed by atoms with Gasteiger partial charge in [-0.15, -0.1) is 0 Å². The smallest absolute Gasteiger partial charge is 0.153 e. The fourth-order valence-electron chi connectivity index (χ4n) is 2.08. The molecule has 1 fully saturated rings. The largest absolute Gasteiger partial charge is 0.381 e. The lowest BCUT2D eigenvalue weighted by Gasteiger charge is -2.05. The third-order valence-electron chi connectivity index (χ3n) is 2.82. The minimum Gasteiger partial charge on any atom is -0.381 e.